The number of fused-ring (bicyclic) bond motifs is 1. The van der Waals surface area contributed by atoms with E-state index in [4.69, 9.17) is 0 Å². The van der Waals surface area contributed by atoms with Gasteiger partial charge in [0, 0.05) is 11.8 Å². The van der Waals surface area contributed by atoms with Crippen LogP contribution >= 0.6 is 0 Å². The van der Waals surface area contributed by atoms with Crippen molar-refractivity contribution < 1.29 is 13.5 Å². The molecule has 21 heavy (non-hydrogen) atoms. The van der Waals surface area contributed by atoms with Gasteiger partial charge < -0.3 is 5.11 Å². The number of phenols is 1. The molecule has 0 bridgehead atoms. The Morgan fingerprint density at radius 2 is 1.67 bits per heavy atom. The average molecular weight is 298 g/mol. The Bertz CT molecular complexity index is 928. The van der Waals surface area contributed by atoms with Crippen LogP contribution in [0.4, 0.5) is 0 Å². The van der Waals surface area contributed by atoms with Crippen molar-refractivity contribution >= 4 is 20.6 Å². The lowest BCUT2D eigenvalue weighted by Crippen LogP contribution is -1.97. The Hall–Kier alpha value is -2.33. The van der Waals surface area contributed by atoms with E-state index >= 15 is 0 Å². The first kappa shape index (κ1) is 13.6. The second-order valence-corrected chi connectivity index (χ2v) is 7.00. The van der Waals surface area contributed by atoms with Crippen molar-refractivity contribution in [2.45, 2.75) is 4.90 Å². The lowest BCUT2D eigenvalue weighted by Gasteiger charge is -2.10. The van der Waals surface area contributed by atoms with Crippen LogP contribution in [0.3, 0.4) is 0 Å². The molecule has 0 spiro atoms. The van der Waals surface area contributed by atoms with E-state index < -0.39 is 9.84 Å². The van der Waals surface area contributed by atoms with Gasteiger partial charge in [-0.2, -0.15) is 0 Å². The van der Waals surface area contributed by atoms with Gasteiger partial charge in [0.1, 0.15) is 5.75 Å². The minimum atomic E-state index is -3.28. The molecule has 0 saturated heterocycles. The smallest absolute Gasteiger partial charge is 0.175 e. The molecule has 0 aliphatic heterocycles. The molecule has 0 radical (unpaired) electrons. The summed E-state index contributed by atoms with van der Waals surface area (Å²) in [6.07, 6.45) is 1.18. The number of benzene rings is 3. The molecule has 0 atom stereocenters. The Kier molecular flexibility index (Phi) is 3.18. The zero-order valence-electron chi connectivity index (χ0n) is 11.4. The van der Waals surface area contributed by atoms with E-state index in [1.807, 2.05) is 30.3 Å². The quantitative estimate of drug-likeness (QED) is 0.786. The molecule has 3 aromatic carbocycles. The summed E-state index contributed by atoms with van der Waals surface area (Å²) in [5.74, 6) is 0.138. The van der Waals surface area contributed by atoms with Crippen molar-refractivity contribution in [3.63, 3.8) is 0 Å². The van der Waals surface area contributed by atoms with E-state index in [2.05, 4.69) is 0 Å². The topological polar surface area (TPSA) is 54.4 Å². The molecule has 3 aromatic rings. The van der Waals surface area contributed by atoms with E-state index in [0.717, 1.165) is 10.8 Å². The van der Waals surface area contributed by atoms with Gasteiger partial charge in [-0.25, -0.2) is 8.42 Å². The summed E-state index contributed by atoms with van der Waals surface area (Å²) in [6, 6.07) is 17.8. The molecule has 0 fully saturated rings. The summed E-state index contributed by atoms with van der Waals surface area (Å²) in [7, 11) is -3.28. The molecule has 0 aliphatic carbocycles. The fourth-order valence-electron chi connectivity index (χ4n) is 2.45. The highest BCUT2D eigenvalue weighted by atomic mass is 32.2. The number of hydrogen-bond donors (Lipinski definition) is 1. The largest absolute Gasteiger partial charge is 0.507 e. The highest BCUT2D eigenvalue weighted by Gasteiger charge is 2.12. The van der Waals surface area contributed by atoms with Crippen LogP contribution in [-0.2, 0) is 9.84 Å². The van der Waals surface area contributed by atoms with Crippen molar-refractivity contribution in [1.82, 2.24) is 0 Å². The van der Waals surface area contributed by atoms with Gasteiger partial charge in [0.05, 0.1) is 4.90 Å². The summed E-state index contributed by atoms with van der Waals surface area (Å²) < 4.78 is 23.4. The van der Waals surface area contributed by atoms with E-state index in [-0.39, 0.29) is 10.6 Å². The first-order chi connectivity index (χ1) is 9.97. The summed E-state index contributed by atoms with van der Waals surface area (Å²) in [5.41, 5.74) is 1.34. The average Bonchev–Trinajstić information content (AvgIpc) is 2.46. The molecule has 0 unspecified atom stereocenters. The molecule has 0 heterocycles. The highest BCUT2D eigenvalue weighted by Crippen LogP contribution is 2.36. The SMILES string of the molecule is CS(=O)(=O)c1cccc(-c2c(O)ccc3ccccc23)c1. The van der Waals surface area contributed by atoms with Crippen LogP contribution in [0, 0.1) is 0 Å². The van der Waals surface area contributed by atoms with Gasteiger partial charge in [0.2, 0.25) is 0 Å². The lowest BCUT2D eigenvalue weighted by atomic mass is 9.97. The second-order valence-electron chi connectivity index (χ2n) is 4.98. The van der Waals surface area contributed by atoms with Gasteiger partial charge in [-0.3, -0.25) is 0 Å². The number of phenolic OH excluding ortho intramolecular Hbond substituents is 1. The van der Waals surface area contributed by atoms with Crippen molar-refractivity contribution in [3.05, 3.63) is 60.7 Å². The number of rotatable bonds is 2. The molecule has 0 saturated carbocycles. The van der Waals surface area contributed by atoms with Crippen molar-refractivity contribution in [1.29, 1.82) is 0 Å². The van der Waals surface area contributed by atoms with Crippen molar-refractivity contribution in [2.24, 2.45) is 0 Å². The standard InChI is InChI=1S/C17H14O3S/c1-21(19,20)14-7-4-6-13(11-14)17-15-8-3-2-5-12(15)9-10-16(17)18/h2-11,18H,1H3. The maximum atomic E-state index is 11.7. The third kappa shape index (κ3) is 2.50. The maximum absolute atomic E-state index is 11.7. The summed E-state index contributed by atoms with van der Waals surface area (Å²) in [6.45, 7) is 0. The van der Waals surface area contributed by atoms with Gasteiger partial charge in [-0.1, -0.05) is 42.5 Å². The minimum Gasteiger partial charge on any atom is -0.507 e. The Morgan fingerprint density at radius 3 is 2.43 bits per heavy atom. The monoisotopic (exact) mass is 298 g/mol. The fourth-order valence-corrected chi connectivity index (χ4v) is 3.11. The normalized spacial score (nSPS) is 11.7. The van der Waals surface area contributed by atoms with Crippen LogP contribution in [0.2, 0.25) is 0 Å². The van der Waals surface area contributed by atoms with Crippen molar-refractivity contribution in [3.8, 4) is 16.9 Å². The third-order valence-corrected chi connectivity index (χ3v) is 4.57. The molecule has 106 valence electrons. The van der Waals surface area contributed by atoms with Crippen LogP contribution in [0.5, 0.6) is 5.75 Å². The lowest BCUT2D eigenvalue weighted by molar-refractivity contribution is 0.478. The molecule has 4 heteroatoms. The summed E-state index contributed by atoms with van der Waals surface area (Å²) in [5, 5.41) is 12.1. The molecule has 0 aliphatic rings. The summed E-state index contributed by atoms with van der Waals surface area (Å²) in [4.78, 5) is 0.243. The number of aromatic hydroxyl groups is 1. The first-order valence-corrected chi connectivity index (χ1v) is 8.37. The maximum Gasteiger partial charge on any atom is 0.175 e. The predicted octanol–water partition coefficient (Wildman–Crippen LogP) is 3.62. The Balaban J connectivity index is 2.33. The second kappa shape index (κ2) is 4.90. The number of sulfone groups is 1. The Labute approximate surface area is 123 Å². The van der Waals surface area contributed by atoms with Crippen molar-refractivity contribution in [2.75, 3.05) is 6.26 Å². The van der Waals surface area contributed by atoms with E-state index in [0.29, 0.717) is 11.1 Å². The fraction of sp³-hybridized carbons (Fsp3) is 0.0588. The minimum absolute atomic E-state index is 0.138. The van der Waals surface area contributed by atoms with E-state index in [1.165, 1.54) is 6.26 Å². The van der Waals surface area contributed by atoms with Gasteiger partial charge in [0.25, 0.3) is 0 Å². The van der Waals surface area contributed by atoms with Crippen LogP contribution < -0.4 is 0 Å². The van der Waals surface area contributed by atoms with Gasteiger partial charge >= 0.3 is 0 Å². The molecular weight excluding hydrogens is 284 g/mol. The van der Waals surface area contributed by atoms with Crippen LogP contribution in [-0.4, -0.2) is 19.8 Å². The zero-order chi connectivity index (χ0) is 15.0. The molecule has 0 aromatic heterocycles. The third-order valence-electron chi connectivity index (χ3n) is 3.46. The first-order valence-electron chi connectivity index (χ1n) is 6.48. The van der Waals surface area contributed by atoms with Crippen LogP contribution in [0.25, 0.3) is 21.9 Å². The predicted molar refractivity (Wildman–Crippen MR) is 84.2 cm³/mol. The van der Waals surface area contributed by atoms with Crippen LogP contribution in [0.15, 0.2) is 65.6 Å². The molecule has 3 rings (SSSR count). The molecule has 1 N–H and O–H groups in total. The number of hydrogen-bond acceptors (Lipinski definition) is 3. The van der Waals surface area contributed by atoms with Gasteiger partial charge in [-0.05, 0) is 34.5 Å². The van der Waals surface area contributed by atoms with Gasteiger partial charge in [-0.15, -0.1) is 0 Å². The van der Waals surface area contributed by atoms with Crippen LogP contribution in [0.1, 0.15) is 0 Å². The highest BCUT2D eigenvalue weighted by molar-refractivity contribution is 7.90. The molecule has 3 nitrogen and oxygen atoms in total. The molecule has 0 amide bonds. The Morgan fingerprint density at radius 1 is 0.905 bits per heavy atom. The van der Waals surface area contributed by atoms with E-state index in [9.17, 15) is 13.5 Å². The van der Waals surface area contributed by atoms with Gasteiger partial charge in [0.15, 0.2) is 9.84 Å². The zero-order valence-corrected chi connectivity index (χ0v) is 12.3. The molecular formula is C17H14O3S. The van der Waals surface area contributed by atoms with E-state index in [1.54, 1.807) is 30.3 Å². The summed E-state index contributed by atoms with van der Waals surface area (Å²) >= 11 is 0.